The van der Waals surface area contributed by atoms with Gasteiger partial charge < -0.3 is 0 Å². The van der Waals surface area contributed by atoms with Crippen LogP contribution >= 0.6 is 0 Å². The monoisotopic (exact) mass is 180 g/mol. The fourth-order valence-corrected chi connectivity index (χ4v) is 1.03. The summed E-state index contributed by atoms with van der Waals surface area (Å²) in [4.78, 5) is 13.9. The van der Waals surface area contributed by atoms with Crippen LogP contribution in [0.2, 0.25) is 0 Å². The lowest BCUT2D eigenvalue weighted by molar-refractivity contribution is -0.0788. The first-order valence-corrected chi connectivity index (χ1v) is 3.75. The minimum Gasteiger partial charge on any atom is -0.249 e. The predicted octanol–water partition coefficient (Wildman–Crippen LogP) is 2.68. The standard InChI is InChI=1S/C10H9FO2/c1-3-8-6-9(10(12)13-11)5-4-7(8)2/h3-6H,1H2,2H3. The maximum Gasteiger partial charge on any atom is 0.379 e. The molecule has 0 spiro atoms. The van der Waals surface area contributed by atoms with Gasteiger partial charge in [0.15, 0.2) is 0 Å². The molecule has 0 saturated carbocycles. The Morgan fingerprint density at radius 1 is 1.62 bits per heavy atom. The fourth-order valence-electron chi connectivity index (χ4n) is 1.03. The second-order valence-corrected chi connectivity index (χ2v) is 2.64. The van der Waals surface area contributed by atoms with Crippen molar-refractivity contribution < 1.29 is 14.3 Å². The Morgan fingerprint density at radius 2 is 2.31 bits per heavy atom. The molecule has 1 aromatic rings. The molecule has 0 unspecified atom stereocenters. The first-order valence-electron chi connectivity index (χ1n) is 3.75. The number of carbonyl (C=O) groups excluding carboxylic acids is 1. The first-order chi connectivity index (χ1) is 6.19. The van der Waals surface area contributed by atoms with E-state index >= 15 is 0 Å². The van der Waals surface area contributed by atoms with E-state index in [2.05, 4.69) is 11.5 Å². The third-order valence-electron chi connectivity index (χ3n) is 1.80. The quantitative estimate of drug-likeness (QED) is 0.699. The smallest absolute Gasteiger partial charge is 0.249 e. The number of benzene rings is 1. The zero-order valence-corrected chi connectivity index (χ0v) is 7.21. The Kier molecular flexibility index (Phi) is 2.80. The van der Waals surface area contributed by atoms with Crippen molar-refractivity contribution in [2.45, 2.75) is 6.92 Å². The molecule has 0 radical (unpaired) electrons. The van der Waals surface area contributed by atoms with E-state index in [0.717, 1.165) is 11.1 Å². The van der Waals surface area contributed by atoms with Gasteiger partial charge >= 0.3 is 5.97 Å². The van der Waals surface area contributed by atoms with Gasteiger partial charge in [0.2, 0.25) is 0 Å². The normalized spacial score (nSPS) is 9.38. The maximum absolute atomic E-state index is 11.5. The van der Waals surface area contributed by atoms with Gasteiger partial charge in [0.1, 0.15) is 0 Å². The highest BCUT2D eigenvalue weighted by atomic mass is 19.3. The van der Waals surface area contributed by atoms with Gasteiger partial charge in [0, 0.05) is 4.53 Å². The van der Waals surface area contributed by atoms with Crippen LogP contribution in [0.1, 0.15) is 21.5 Å². The summed E-state index contributed by atoms with van der Waals surface area (Å²) in [7, 11) is 0. The highest BCUT2D eigenvalue weighted by Gasteiger charge is 2.08. The molecular weight excluding hydrogens is 171 g/mol. The SMILES string of the molecule is C=Cc1cc(C(=O)OF)ccc1C. The van der Waals surface area contributed by atoms with Crippen molar-refractivity contribution in [2.75, 3.05) is 0 Å². The molecule has 0 aliphatic heterocycles. The fraction of sp³-hybridized carbons (Fsp3) is 0.100. The molecule has 0 fully saturated rings. The van der Waals surface area contributed by atoms with E-state index in [0.29, 0.717) is 0 Å². The summed E-state index contributed by atoms with van der Waals surface area (Å²) >= 11 is 0. The molecule has 0 saturated heterocycles. The second kappa shape index (κ2) is 3.85. The number of aryl methyl sites for hydroxylation is 1. The molecule has 1 rings (SSSR count). The summed E-state index contributed by atoms with van der Waals surface area (Å²) in [5.74, 6) is -0.983. The van der Waals surface area contributed by atoms with Crippen LogP contribution in [-0.4, -0.2) is 5.97 Å². The molecule has 3 heteroatoms. The van der Waals surface area contributed by atoms with Gasteiger partial charge in [0.05, 0.1) is 5.56 Å². The van der Waals surface area contributed by atoms with Crippen LogP contribution < -0.4 is 0 Å². The lowest BCUT2D eigenvalue weighted by Crippen LogP contribution is -1.99. The first kappa shape index (κ1) is 9.45. The Balaban J connectivity index is 3.13. The van der Waals surface area contributed by atoms with Crippen LogP contribution in [-0.2, 0) is 4.94 Å². The summed E-state index contributed by atoms with van der Waals surface area (Å²) < 4.78 is 11.5. The Bertz CT molecular complexity index is 345. The van der Waals surface area contributed by atoms with E-state index < -0.39 is 5.97 Å². The van der Waals surface area contributed by atoms with E-state index in [1.165, 1.54) is 12.1 Å². The van der Waals surface area contributed by atoms with Gasteiger partial charge in [-0.15, -0.1) is 0 Å². The van der Waals surface area contributed by atoms with Gasteiger partial charge in [-0.3, -0.25) is 0 Å². The third-order valence-corrected chi connectivity index (χ3v) is 1.80. The Morgan fingerprint density at radius 3 is 2.85 bits per heavy atom. The highest BCUT2D eigenvalue weighted by molar-refractivity contribution is 5.89. The van der Waals surface area contributed by atoms with Crippen LogP contribution in [0.3, 0.4) is 0 Å². The van der Waals surface area contributed by atoms with E-state index in [9.17, 15) is 9.32 Å². The third kappa shape index (κ3) is 1.93. The summed E-state index contributed by atoms with van der Waals surface area (Å²) in [6, 6.07) is 4.75. The highest BCUT2D eigenvalue weighted by Crippen LogP contribution is 2.13. The van der Waals surface area contributed by atoms with E-state index in [-0.39, 0.29) is 5.56 Å². The molecule has 0 bridgehead atoms. The van der Waals surface area contributed by atoms with Crippen molar-refractivity contribution in [3.8, 4) is 0 Å². The molecule has 0 aromatic heterocycles. The van der Waals surface area contributed by atoms with Crippen molar-refractivity contribution in [3.63, 3.8) is 0 Å². The Labute approximate surface area is 75.5 Å². The lowest BCUT2D eigenvalue weighted by Gasteiger charge is -2.01. The molecule has 0 N–H and O–H groups in total. The maximum atomic E-state index is 11.5. The van der Waals surface area contributed by atoms with Gasteiger partial charge in [0.25, 0.3) is 0 Å². The molecule has 0 aliphatic carbocycles. The van der Waals surface area contributed by atoms with Crippen molar-refractivity contribution in [2.24, 2.45) is 0 Å². The van der Waals surface area contributed by atoms with Gasteiger partial charge in [-0.05, 0) is 30.2 Å². The van der Waals surface area contributed by atoms with Crippen LogP contribution in [0.15, 0.2) is 24.8 Å². The number of hydrogen-bond donors (Lipinski definition) is 0. The molecule has 0 atom stereocenters. The summed E-state index contributed by atoms with van der Waals surface area (Å²) in [5, 5.41) is 0. The van der Waals surface area contributed by atoms with Crippen LogP contribution in [0.4, 0.5) is 4.53 Å². The van der Waals surface area contributed by atoms with E-state index in [1.807, 2.05) is 6.92 Å². The molecule has 68 valence electrons. The number of carbonyl (C=O) groups is 1. The molecule has 0 amide bonds. The summed E-state index contributed by atoms with van der Waals surface area (Å²) in [5.41, 5.74) is 1.95. The van der Waals surface area contributed by atoms with Crippen LogP contribution in [0.5, 0.6) is 0 Å². The topological polar surface area (TPSA) is 26.3 Å². The summed E-state index contributed by atoms with van der Waals surface area (Å²) in [6.45, 7) is 5.45. The molecule has 2 nitrogen and oxygen atoms in total. The van der Waals surface area contributed by atoms with Gasteiger partial charge in [-0.1, -0.05) is 18.7 Å². The van der Waals surface area contributed by atoms with Crippen LogP contribution in [0, 0.1) is 6.92 Å². The number of rotatable bonds is 2. The lowest BCUT2D eigenvalue weighted by atomic mass is 10.1. The van der Waals surface area contributed by atoms with Crippen molar-refractivity contribution in [3.05, 3.63) is 41.5 Å². The predicted molar refractivity (Wildman–Crippen MR) is 47.8 cm³/mol. The average molecular weight is 180 g/mol. The number of halogens is 1. The molecule has 13 heavy (non-hydrogen) atoms. The largest absolute Gasteiger partial charge is 0.379 e. The molecule has 0 aliphatic rings. The van der Waals surface area contributed by atoms with Crippen molar-refractivity contribution in [1.29, 1.82) is 0 Å². The minimum atomic E-state index is -0.983. The molecule has 0 heterocycles. The van der Waals surface area contributed by atoms with Crippen molar-refractivity contribution >= 4 is 12.0 Å². The average Bonchev–Trinajstić information content (AvgIpc) is 2.17. The van der Waals surface area contributed by atoms with Crippen LogP contribution in [0.25, 0.3) is 6.08 Å². The van der Waals surface area contributed by atoms with Gasteiger partial charge in [-0.2, -0.15) is 0 Å². The second-order valence-electron chi connectivity index (χ2n) is 2.64. The number of hydrogen-bond acceptors (Lipinski definition) is 2. The zero-order chi connectivity index (χ0) is 9.84. The Hall–Kier alpha value is -1.64. The van der Waals surface area contributed by atoms with Gasteiger partial charge in [-0.25, -0.2) is 9.74 Å². The zero-order valence-electron chi connectivity index (χ0n) is 7.21. The van der Waals surface area contributed by atoms with E-state index in [4.69, 9.17) is 0 Å². The molecule has 1 aromatic carbocycles. The molecular formula is C10H9FO2. The summed E-state index contributed by atoms with van der Waals surface area (Å²) in [6.07, 6.45) is 1.60. The minimum absolute atomic E-state index is 0.183. The van der Waals surface area contributed by atoms with E-state index in [1.54, 1.807) is 12.1 Å². The van der Waals surface area contributed by atoms with Crippen molar-refractivity contribution in [1.82, 2.24) is 0 Å².